The number of primary amides is 1. The Morgan fingerprint density at radius 1 is 1.19 bits per heavy atom. The number of hydrogen-bond donors (Lipinski definition) is 2. The quantitative estimate of drug-likeness (QED) is 0.619. The minimum Gasteiger partial charge on any atom is -0.373 e. The Bertz CT molecular complexity index is 199. The Labute approximate surface area is 97.8 Å². The molecule has 7 heteroatoms. The van der Waals surface area contributed by atoms with Crippen LogP contribution in [0, 0.1) is 0 Å². The van der Waals surface area contributed by atoms with E-state index in [0.717, 1.165) is 0 Å². The molecule has 0 aromatic heterocycles. The second-order valence-corrected chi connectivity index (χ2v) is 6.07. The van der Waals surface area contributed by atoms with Crippen LogP contribution in [-0.2, 0) is 13.3 Å². The fourth-order valence-corrected chi connectivity index (χ4v) is 3.93. The van der Waals surface area contributed by atoms with E-state index in [2.05, 4.69) is 5.32 Å². The molecule has 2 amide bonds. The third-order valence-corrected chi connectivity index (χ3v) is 5.20. The average molecular weight is 250 g/mol. The van der Waals surface area contributed by atoms with E-state index in [1.54, 1.807) is 6.92 Å². The third-order valence-electron chi connectivity index (χ3n) is 1.93. The number of nitrogens with two attached hydrogens (primary N) is 1. The molecule has 0 aliphatic carbocycles. The summed E-state index contributed by atoms with van der Waals surface area (Å²) < 4.78 is 16.8. The maximum absolute atomic E-state index is 10.8. The van der Waals surface area contributed by atoms with Crippen molar-refractivity contribution >= 4 is 14.8 Å². The molecule has 0 heterocycles. The van der Waals surface area contributed by atoms with Gasteiger partial charge in [0.25, 0.3) is 0 Å². The molecule has 0 aromatic carbocycles. The average Bonchev–Trinajstić information content (AvgIpc) is 2.17. The normalized spacial score (nSPS) is 13.5. The predicted octanol–water partition coefficient (Wildman–Crippen LogP) is 0.631. The van der Waals surface area contributed by atoms with E-state index in [1.807, 2.05) is 20.8 Å². The zero-order valence-corrected chi connectivity index (χ0v) is 11.4. The molecule has 1 unspecified atom stereocenters. The first-order valence-corrected chi connectivity index (χ1v) is 7.30. The first kappa shape index (κ1) is 15.4. The number of amides is 2. The molecule has 0 aliphatic rings. The van der Waals surface area contributed by atoms with Crippen LogP contribution in [-0.4, -0.2) is 40.3 Å². The van der Waals surface area contributed by atoms with Gasteiger partial charge in [-0.05, 0) is 27.7 Å². The molecule has 3 N–H and O–H groups in total. The summed E-state index contributed by atoms with van der Waals surface area (Å²) in [6.45, 7) is 8.76. The van der Waals surface area contributed by atoms with Crippen LogP contribution in [0.25, 0.3) is 0 Å². The van der Waals surface area contributed by atoms with Crippen molar-refractivity contribution < 1.29 is 18.1 Å². The number of carbonyl (C=O) groups is 1. The van der Waals surface area contributed by atoms with Gasteiger partial charge in [0.15, 0.2) is 0 Å². The number of nitrogens with one attached hydrogen (secondary N) is 1. The summed E-state index contributed by atoms with van der Waals surface area (Å²) in [6.07, 6.45) is 0. The second kappa shape index (κ2) is 7.61. The Balaban J connectivity index is 4.74. The van der Waals surface area contributed by atoms with Gasteiger partial charge in [0.2, 0.25) is 0 Å². The summed E-state index contributed by atoms with van der Waals surface area (Å²) in [6, 6.07) is -0.608. The Kier molecular flexibility index (Phi) is 7.31. The molecule has 0 fully saturated rings. The molecule has 0 saturated carbocycles. The van der Waals surface area contributed by atoms with Gasteiger partial charge in [0, 0.05) is 19.8 Å². The minimum atomic E-state index is -2.87. The van der Waals surface area contributed by atoms with Gasteiger partial charge >= 0.3 is 14.8 Å². The van der Waals surface area contributed by atoms with Gasteiger partial charge in [-0.15, -0.1) is 0 Å². The molecule has 96 valence electrons. The lowest BCUT2D eigenvalue weighted by atomic mass is 10.7. The molecule has 0 rings (SSSR count). The lowest BCUT2D eigenvalue weighted by Crippen LogP contribution is -2.62. The van der Waals surface area contributed by atoms with E-state index in [1.165, 1.54) is 0 Å². The fourth-order valence-electron chi connectivity index (χ4n) is 1.41. The highest BCUT2D eigenvalue weighted by molar-refractivity contribution is 6.62. The molecule has 0 spiro atoms. The molecular formula is C9H22N2O4Si. The van der Waals surface area contributed by atoms with Gasteiger partial charge in [-0.3, -0.25) is 0 Å². The van der Waals surface area contributed by atoms with Gasteiger partial charge < -0.3 is 24.3 Å². The zero-order chi connectivity index (χ0) is 12.6. The molecule has 0 aromatic rings. The predicted molar refractivity (Wildman–Crippen MR) is 62.8 cm³/mol. The smallest absolute Gasteiger partial charge is 0.373 e. The number of urea groups is 1. The molecule has 6 nitrogen and oxygen atoms in total. The van der Waals surface area contributed by atoms with Gasteiger partial charge in [-0.2, -0.15) is 0 Å². The standard InChI is InChI=1S/C9H22N2O4Si/c1-5-13-16(14-6-2,15-7-3)8(4)11-9(10)12/h8H,5-7H2,1-4H3,(H3,10,11,12). The molecule has 16 heavy (non-hydrogen) atoms. The molecule has 0 bridgehead atoms. The fraction of sp³-hybridized carbons (Fsp3) is 0.889. The lowest BCUT2D eigenvalue weighted by molar-refractivity contribution is 0.0609. The van der Waals surface area contributed by atoms with Crippen molar-refractivity contribution in [3.8, 4) is 0 Å². The van der Waals surface area contributed by atoms with Gasteiger partial charge in [0.1, 0.15) is 0 Å². The van der Waals surface area contributed by atoms with E-state index in [9.17, 15) is 4.79 Å². The third kappa shape index (κ3) is 4.48. The van der Waals surface area contributed by atoms with Gasteiger partial charge in [-0.1, -0.05) is 0 Å². The van der Waals surface area contributed by atoms with Crippen LogP contribution in [0.15, 0.2) is 0 Å². The van der Waals surface area contributed by atoms with E-state index in [0.29, 0.717) is 19.8 Å². The molecule has 0 saturated heterocycles. The van der Waals surface area contributed by atoms with Crippen LogP contribution in [0.2, 0.25) is 0 Å². The lowest BCUT2D eigenvalue weighted by Gasteiger charge is -2.33. The molecule has 0 aliphatic heterocycles. The Hall–Kier alpha value is -0.633. The van der Waals surface area contributed by atoms with E-state index in [4.69, 9.17) is 19.0 Å². The van der Waals surface area contributed by atoms with Gasteiger partial charge in [-0.25, -0.2) is 4.79 Å². The highest BCUT2D eigenvalue weighted by Gasteiger charge is 2.47. The highest BCUT2D eigenvalue weighted by atomic mass is 28.4. The van der Waals surface area contributed by atoms with Crippen LogP contribution in [0.1, 0.15) is 27.7 Å². The second-order valence-electron chi connectivity index (χ2n) is 3.13. The van der Waals surface area contributed by atoms with Crippen molar-refractivity contribution in [3.63, 3.8) is 0 Å². The van der Waals surface area contributed by atoms with E-state index >= 15 is 0 Å². The summed E-state index contributed by atoms with van der Waals surface area (Å²) in [7, 11) is -2.87. The van der Waals surface area contributed by atoms with E-state index < -0.39 is 14.8 Å². The van der Waals surface area contributed by atoms with Crippen molar-refractivity contribution in [2.45, 2.75) is 33.4 Å². The van der Waals surface area contributed by atoms with Gasteiger partial charge in [0.05, 0.1) is 5.67 Å². The van der Waals surface area contributed by atoms with Crippen molar-refractivity contribution in [2.24, 2.45) is 5.73 Å². The summed E-state index contributed by atoms with van der Waals surface area (Å²) >= 11 is 0. The number of hydrogen-bond acceptors (Lipinski definition) is 4. The summed E-state index contributed by atoms with van der Waals surface area (Å²) in [5, 5.41) is 2.56. The van der Waals surface area contributed by atoms with Crippen molar-refractivity contribution in [1.29, 1.82) is 0 Å². The molecule has 1 atom stereocenters. The Morgan fingerprint density at radius 3 is 1.81 bits per heavy atom. The number of rotatable bonds is 8. The van der Waals surface area contributed by atoms with Crippen LogP contribution >= 0.6 is 0 Å². The van der Waals surface area contributed by atoms with Crippen molar-refractivity contribution in [2.75, 3.05) is 19.8 Å². The topological polar surface area (TPSA) is 82.8 Å². The SMILES string of the molecule is CCO[Si](OCC)(OCC)C(C)NC(N)=O. The number of carbonyl (C=O) groups excluding carboxylic acids is 1. The maximum Gasteiger partial charge on any atom is 0.524 e. The molecular weight excluding hydrogens is 228 g/mol. The summed E-state index contributed by atoms with van der Waals surface area (Å²) in [4.78, 5) is 10.8. The van der Waals surface area contributed by atoms with Crippen LogP contribution in [0.5, 0.6) is 0 Å². The molecule has 0 radical (unpaired) electrons. The van der Waals surface area contributed by atoms with Crippen molar-refractivity contribution in [3.05, 3.63) is 0 Å². The van der Waals surface area contributed by atoms with Crippen LogP contribution in [0.4, 0.5) is 4.79 Å². The zero-order valence-electron chi connectivity index (χ0n) is 10.4. The van der Waals surface area contributed by atoms with Crippen LogP contribution < -0.4 is 11.1 Å². The maximum atomic E-state index is 10.8. The van der Waals surface area contributed by atoms with E-state index in [-0.39, 0.29) is 5.67 Å². The Morgan fingerprint density at radius 2 is 1.56 bits per heavy atom. The summed E-state index contributed by atoms with van der Waals surface area (Å²) in [5.41, 5.74) is 4.73. The first-order chi connectivity index (χ1) is 7.52. The summed E-state index contributed by atoms with van der Waals surface area (Å²) in [5.74, 6) is 0. The largest absolute Gasteiger partial charge is 0.524 e. The van der Waals surface area contributed by atoms with Crippen LogP contribution in [0.3, 0.4) is 0 Å². The first-order valence-electron chi connectivity index (χ1n) is 5.50. The van der Waals surface area contributed by atoms with Crippen molar-refractivity contribution in [1.82, 2.24) is 5.32 Å². The highest BCUT2D eigenvalue weighted by Crippen LogP contribution is 2.14. The monoisotopic (exact) mass is 250 g/mol. The minimum absolute atomic E-state index is 0.357.